The van der Waals surface area contributed by atoms with Gasteiger partial charge < -0.3 is 19.9 Å². The summed E-state index contributed by atoms with van der Waals surface area (Å²) >= 11 is 0. The lowest BCUT2D eigenvalue weighted by molar-refractivity contribution is -0.127. The zero-order valence-corrected chi connectivity index (χ0v) is 13.3. The Bertz CT molecular complexity index is 679. The van der Waals surface area contributed by atoms with E-state index in [2.05, 4.69) is 15.8 Å². The first-order valence-corrected chi connectivity index (χ1v) is 7.17. The molecule has 0 spiro atoms. The van der Waals surface area contributed by atoms with E-state index in [1.165, 1.54) is 0 Å². The number of aryl methyl sites for hydroxylation is 2. The van der Waals surface area contributed by atoms with Crippen molar-refractivity contribution in [2.75, 3.05) is 11.9 Å². The Balaban J connectivity index is 1.77. The van der Waals surface area contributed by atoms with Gasteiger partial charge in [0.1, 0.15) is 17.6 Å². The van der Waals surface area contributed by atoms with E-state index in [4.69, 9.17) is 9.26 Å². The van der Waals surface area contributed by atoms with Gasteiger partial charge in [-0.1, -0.05) is 22.9 Å². The third kappa shape index (κ3) is 5.14. The topological polar surface area (TPSA) is 93.5 Å². The summed E-state index contributed by atoms with van der Waals surface area (Å²) in [5.41, 5.74) is 1.11. The van der Waals surface area contributed by atoms with E-state index < -0.39 is 6.04 Å². The molecule has 0 bridgehead atoms. The van der Waals surface area contributed by atoms with E-state index in [0.717, 1.165) is 5.56 Å². The Hall–Kier alpha value is -2.83. The molecule has 2 rings (SSSR count). The van der Waals surface area contributed by atoms with Crippen LogP contribution in [-0.2, 0) is 9.59 Å². The minimum Gasteiger partial charge on any atom is -0.484 e. The molecule has 0 fully saturated rings. The Morgan fingerprint density at radius 3 is 2.57 bits per heavy atom. The number of anilines is 1. The Labute approximate surface area is 134 Å². The predicted octanol–water partition coefficient (Wildman–Crippen LogP) is 1.81. The summed E-state index contributed by atoms with van der Waals surface area (Å²) in [4.78, 5) is 23.7. The van der Waals surface area contributed by atoms with Crippen LogP contribution < -0.4 is 15.4 Å². The van der Waals surface area contributed by atoms with Crippen molar-refractivity contribution in [1.82, 2.24) is 10.5 Å². The number of rotatable bonds is 6. The van der Waals surface area contributed by atoms with Gasteiger partial charge in [-0.3, -0.25) is 9.59 Å². The van der Waals surface area contributed by atoms with E-state index in [-0.39, 0.29) is 18.4 Å². The van der Waals surface area contributed by atoms with Crippen molar-refractivity contribution < 1.29 is 18.8 Å². The molecule has 1 heterocycles. The summed E-state index contributed by atoms with van der Waals surface area (Å²) < 4.78 is 10.2. The molecule has 0 aliphatic rings. The number of carbonyl (C=O) groups excluding carboxylic acids is 2. The van der Waals surface area contributed by atoms with Crippen LogP contribution in [-0.4, -0.2) is 29.6 Å². The van der Waals surface area contributed by atoms with Crippen molar-refractivity contribution in [3.63, 3.8) is 0 Å². The minimum atomic E-state index is -0.721. The molecule has 0 aliphatic carbocycles. The van der Waals surface area contributed by atoms with Crippen LogP contribution >= 0.6 is 0 Å². The van der Waals surface area contributed by atoms with Crippen molar-refractivity contribution >= 4 is 17.6 Å². The molecular formula is C16H19N3O4. The van der Waals surface area contributed by atoms with Gasteiger partial charge in [0.2, 0.25) is 5.91 Å². The van der Waals surface area contributed by atoms with Crippen molar-refractivity contribution in [2.24, 2.45) is 0 Å². The fourth-order valence-electron chi connectivity index (χ4n) is 1.79. The highest BCUT2D eigenvalue weighted by Crippen LogP contribution is 2.11. The van der Waals surface area contributed by atoms with Crippen LogP contribution in [0.4, 0.5) is 5.82 Å². The average molecular weight is 317 g/mol. The van der Waals surface area contributed by atoms with Crippen molar-refractivity contribution in [3.8, 4) is 5.75 Å². The lowest BCUT2D eigenvalue weighted by Gasteiger charge is -2.13. The Kier molecular flexibility index (Phi) is 5.35. The summed E-state index contributed by atoms with van der Waals surface area (Å²) in [5, 5.41) is 8.76. The second-order valence-corrected chi connectivity index (χ2v) is 5.20. The van der Waals surface area contributed by atoms with E-state index in [1.54, 1.807) is 32.0 Å². The van der Waals surface area contributed by atoms with Crippen molar-refractivity contribution in [3.05, 3.63) is 41.7 Å². The first-order valence-electron chi connectivity index (χ1n) is 7.17. The van der Waals surface area contributed by atoms with Crippen molar-refractivity contribution in [1.29, 1.82) is 0 Å². The first-order chi connectivity index (χ1) is 10.9. The van der Waals surface area contributed by atoms with Gasteiger partial charge in [0, 0.05) is 6.07 Å². The predicted molar refractivity (Wildman–Crippen MR) is 84.1 cm³/mol. The summed E-state index contributed by atoms with van der Waals surface area (Å²) in [5.74, 6) is 0.723. The molecule has 1 aromatic carbocycles. The van der Waals surface area contributed by atoms with Crippen LogP contribution in [0.3, 0.4) is 0 Å². The van der Waals surface area contributed by atoms with E-state index in [0.29, 0.717) is 17.3 Å². The molecule has 0 unspecified atom stereocenters. The Morgan fingerprint density at radius 2 is 1.96 bits per heavy atom. The number of amides is 2. The zero-order valence-electron chi connectivity index (χ0n) is 13.3. The zero-order chi connectivity index (χ0) is 16.8. The molecule has 7 nitrogen and oxygen atoms in total. The molecule has 122 valence electrons. The Morgan fingerprint density at radius 1 is 1.26 bits per heavy atom. The van der Waals surface area contributed by atoms with E-state index in [9.17, 15) is 9.59 Å². The van der Waals surface area contributed by atoms with Crippen molar-refractivity contribution in [2.45, 2.75) is 26.8 Å². The smallest absolute Gasteiger partial charge is 0.258 e. The molecule has 0 aliphatic heterocycles. The first kappa shape index (κ1) is 16.5. The highest BCUT2D eigenvalue weighted by Gasteiger charge is 2.17. The quantitative estimate of drug-likeness (QED) is 0.847. The van der Waals surface area contributed by atoms with Gasteiger partial charge in [0.15, 0.2) is 12.4 Å². The minimum absolute atomic E-state index is 0.163. The number of carbonyl (C=O) groups is 2. The average Bonchev–Trinajstić information content (AvgIpc) is 2.91. The van der Waals surface area contributed by atoms with Crippen LogP contribution in [0.2, 0.25) is 0 Å². The summed E-state index contributed by atoms with van der Waals surface area (Å²) in [7, 11) is 0. The van der Waals surface area contributed by atoms with E-state index in [1.807, 2.05) is 19.1 Å². The SMILES string of the molecule is Cc1ccc(OCC(=O)N[C@@H](C)C(=O)Nc2cc(C)on2)cc1. The molecule has 0 saturated carbocycles. The molecule has 2 aromatic rings. The normalized spacial score (nSPS) is 11.6. The fraction of sp³-hybridized carbons (Fsp3) is 0.312. The van der Waals surface area contributed by atoms with Gasteiger partial charge >= 0.3 is 0 Å². The van der Waals surface area contributed by atoms with Gasteiger partial charge in [-0.05, 0) is 32.9 Å². The molecule has 1 atom stereocenters. The highest BCUT2D eigenvalue weighted by atomic mass is 16.5. The standard InChI is InChI=1S/C16H19N3O4/c1-10-4-6-13(7-5-10)22-9-15(20)17-12(3)16(21)18-14-8-11(2)23-19-14/h4-8,12H,9H2,1-3H3,(H,17,20)(H,18,19,21)/t12-/m0/s1. The number of ether oxygens (including phenoxy) is 1. The van der Waals surface area contributed by atoms with Crippen LogP contribution in [0.15, 0.2) is 34.9 Å². The molecule has 7 heteroatoms. The third-order valence-corrected chi connectivity index (χ3v) is 3.04. The molecule has 1 aromatic heterocycles. The lowest BCUT2D eigenvalue weighted by Crippen LogP contribution is -2.43. The molecule has 23 heavy (non-hydrogen) atoms. The van der Waals surface area contributed by atoms with Gasteiger partial charge in [0.05, 0.1) is 0 Å². The maximum atomic E-state index is 11.9. The number of hydrogen-bond donors (Lipinski definition) is 2. The van der Waals surface area contributed by atoms with Crippen LogP contribution in [0.5, 0.6) is 5.75 Å². The number of hydrogen-bond acceptors (Lipinski definition) is 5. The molecule has 0 radical (unpaired) electrons. The third-order valence-electron chi connectivity index (χ3n) is 3.04. The van der Waals surface area contributed by atoms with Crippen LogP contribution in [0.1, 0.15) is 18.2 Å². The van der Waals surface area contributed by atoms with Gasteiger partial charge in [-0.2, -0.15) is 0 Å². The molecule has 0 saturated heterocycles. The molecule has 2 N–H and O–H groups in total. The molecular weight excluding hydrogens is 298 g/mol. The second kappa shape index (κ2) is 7.44. The van der Waals surface area contributed by atoms with Gasteiger partial charge in [0.25, 0.3) is 5.91 Å². The van der Waals surface area contributed by atoms with E-state index >= 15 is 0 Å². The van der Waals surface area contributed by atoms with Gasteiger partial charge in [-0.25, -0.2) is 0 Å². The maximum Gasteiger partial charge on any atom is 0.258 e. The number of aromatic nitrogens is 1. The second-order valence-electron chi connectivity index (χ2n) is 5.20. The summed E-state index contributed by atoms with van der Waals surface area (Å²) in [6.07, 6.45) is 0. The highest BCUT2D eigenvalue weighted by molar-refractivity contribution is 5.96. The molecule has 2 amide bonds. The summed E-state index contributed by atoms with van der Waals surface area (Å²) in [6, 6.07) is 8.22. The number of nitrogens with zero attached hydrogens (tertiary/aromatic N) is 1. The van der Waals surface area contributed by atoms with Crippen LogP contribution in [0, 0.1) is 13.8 Å². The maximum absolute atomic E-state index is 11.9. The lowest BCUT2D eigenvalue weighted by atomic mass is 10.2. The van der Waals surface area contributed by atoms with Gasteiger partial charge in [-0.15, -0.1) is 0 Å². The number of nitrogens with one attached hydrogen (secondary N) is 2. The summed E-state index contributed by atoms with van der Waals surface area (Å²) in [6.45, 7) is 5.10. The number of benzene rings is 1. The largest absolute Gasteiger partial charge is 0.484 e. The fourth-order valence-corrected chi connectivity index (χ4v) is 1.79. The monoisotopic (exact) mass is 317 g/mol. The van der Waals surface area contributed by atoms with Crippen LogP contribution in [0.25, 0.3) is 0 Å².